The second-order valence-corrected chi connectivity index (χ2v) is 3.09. The third-order valence-electron chi connectivity index (χ3n) is 1.82. The zero-order chi connectivity index (χ0) is 13.4. The van der Waals surface area contributed by atoms with Gasteiger partial charge in [-0.25, -0.2) is 9.59 Å². The molecule has 0 fully saturated rings. The first kappa shape index (κ1) is 16.2. The predicted octanol–water partition coefficient (Wildman–Crippen LogP) is 1.72. The highest BCUT2D eigenvalue weighted by molar-refractivity contribution is 5.87. The number of aromatic nitrogens is 2. The standard InChI is InChI=1S/2C6H5NO2.H3N/c2*8-6(9)5-2-1-3-7-4-5;/h2*1-4H,(H,8,9);1H3. The van der Waals surface area contributed by atoms with Crippen LogP contribution in [-0.4, -0.2) is 32.1 Å². The van der Waals surface area contributed by atoms with Crippen LogP contribution in [0, 0.1) is 0 Å². The maximum Gasteiger partial charge on any atom is 0.337 e. The highest BCUT2D eigenvalue weighted by Crippen LogP contribution is 1.93. The molecule has 0 spiro atoms. The van der Waals surface area contributed by atoms with Crippen LogP contribution >= 0.6 is 0 Å². The summed E-state index contributed by atoms with van der Waals surface area (Å²) >= 11 is 0. The molecule has 0 atom stereocenters. The van der Waals surface area contributed by atoms with Gasteiger partial charge in [0.15, 0.2) is 0 Å². The van der Waals surface area contributed by atoms with Gasteiger partial charge in [0.1, 0.15) is 0 Å². The Kier molecular flexibility index (Phi) is 7.09. The minimum absolute atomic E-state index is 0. The predicted molar refractivity (Wildman–Crippen MR) is 67.4 cm³/mol. The summed E-state index contributed by atoms with van der Waals surface area (Å²) in [5.41, 5.74) is 0.440. The van der Waals surface area contributed by atoms with E-state index in [2.05, 4.69) is 9.97 Å². The number of aromatic carboxylic acids is 2. The monoisotopic (exact) mass is 263 g/mol. The summed E-state index contributed by atoms with van der Waals surface area (Å²) in [4.78, 5) is 27.6. The lowest BCUT2D eigenvalue weighted by Gasteiger charge is -1.87. The maximum absolute atomic E-state index is 10.2. The van der Waals surface area contributed by atoms with Crippen molar-refractivity contribution in [2.24, 2.45) is 0 Å². The summed E-state index contributed by atoms with van der Waals surface area (Å²) < 4.78 is 0. The van der Waals surface area contributed by atoms with Crippen LogP contribution < -0.4 is 6.15 Å². The average molecular weight is 263 g/mol. The molecule has 2 heterocycles. The summed E-state index contributed by atoms with van der Waals surface area (Å²) in [5.74, 6) is -1.88. The van der Waals surface area contributed by atoms with E-state index < -0.39 is 11.9 Å². The van der Waals surface area contributed by atoms with E-state index in [4.69, 9.17) is 10.2 Å². The quantitative estimate of drug-likeness (QED) is 0.750. The van der Waals surface area contributed by atoms with Crippen LogP contribution in [0.5, 0.6) is 0 Å². The number of hydrogen-bond donors (Lipinski definition) is 3. The Morgan fingerprint density at radius 2 is 1.21 bits per heavy atom. The molecule has 0 amide bonds. The van der Waals surface area contributed by atoms with Gasteiger partial charge in [-0.05, 0) is 24.3 Å². The van der Waals surface area contributed by atoms with Gasteiger partial charge in [-0.1, -0.05) is 0 Å². The Labute approximate surface area is 109 Å². The minimum atomic E-state index is -0.942. The number of carboxylic acid groups (broad SMARTS) is 2. The van der Waals surface area contributed by atoms with Gasteiger partial charge >= 0.3 is 11.9 Å². The molecule has 100 valence electrons. The van der Waals surface area contributed by atoms with Crippen LogP contribution in [-0.2, 0) is 0 Å². The molecule has 5 N–H and O–H groups in total. The van der Waals surface area contributed by atoms with Gasteiger partial charge in [0.05, 0.1) is 11.1 Å². The zero-order valence-corrected chi connectivity index (χ0v) is 9.93. The Morgan fingerprint density at radius 3 is 1.37 bits per heavy atom. The molecule has 7 nitrogen and oxygen atoms in total. The summed E-state index contributed by atoms with van der Waals surface area (Å²) in [7, 11) is 0. The van der Waals surface area contributed by atoms with Crippen molar-refractivity contribution in [2.45, 2.75) is 0 Å². The zero-order valence-electron chi connectivity index (χ0n) is 9.93. The molecule has 0 saturated carbocycles. The molecule has 2 aromatic rings. The first-order valence-electron chi connectivity index (χ1n) is 4.88. The number of carbonyl (C=O) groups is 2. The lowest BCUT2D eigenvalue weighted by atomic mass is 10.3. The van der Waals surface area contributed by atoms with Gasteiger partial charge in [-0.3, -0.25) is 9.97 Å². The fourth-order valence-electron chi connectivity index (χ4n) is 0.979. The second kappa shape index (κ2) is 8.31. The normalized spacial score (nSPS) is 8.42. The Bertz CT molecular complexity index is 468. The van der Waals surface area contributed by atoms with Crippen molar-refractivity contribution in [1.29, 1.82) is 0 Å². The third kappa shape index (κ3) is 5.89. The summed E-state index contributed by atoms with van der Waals surface area (Å²) in [6, 6.07) is 6.16. The number of hydrogen-bond acceptors (Lipinski definition) is 5. The number of rotatable bonds is 2. The van der Waals surface area contributed by atoms with E-state index in [9.17, 15) is 9.59 Å². The van der Waals surface area contributed by atoms with Crippen molar-refractivity contribution in [1.82, 2.24) is 16.1 Å². The molecule has 0 aliphatic heterocycles. The molecule has 0 bridgehead atoms. The molecule has 2 rings (SSSR count). The van der Waals surface area contributed by atoms with Gasteiger partial charge < -0.3 is 16.4 Å². The lowest BCUT2D eigenvalue weighted by Crippen LogP contribution is -1.94. The highest BCUT2D eigenvalue weighted by Gasteiger charge is 1.98. The smallest absolute Gasteiger partial charge is 0.337 e. The number of pyridine rings is 2. The molecule has 0 unspecified atom stereocenters. The molecule has 0 saturated heterocycles. The van der Waals surface area contributed by atoms with Crippen LogP contribution in [0.25, 0.3) is 0 Å². The van der Waals surface area contributed by atoms with Crippen LogP contribution in [0.1, 0.15) is 20.7 Å². The lowest BCUT2D eigenvalue weighted by molar-refractivity contribution is 0.0685. The van der Waals surface area contributed by atoms with Crippen molar-refractivity contribution in [3.63, 3.8) is 0 Å². The SMILES string of the molecule is N.O=C(O)c1cccnc1.O=C(O)c1cccnc1. The van der Waals surface area contributed by atoms with E-state index in [-0.39, 0.29) is 17.3 Å². The molecule has 0 aromatic carbocycles. The van der Waals surface area contributed by atoms with Gasteiger partial charge in [0.2, 0.25) is 0 Å². The minimum Gasteiger partial charge on any atom is -0.478 e. The Balaban J connectivity index is 0.000000324. The summed E-state index contributed by atoms with van der Waals surface area (Å²) in [6.45, 7) is 0. The van der Waals surface area contributed by atoms with Crippen molar-refractivity contribution in [3.8, 4) is 0 Å². The van der Waals surface area contributed by atoms with Crippen molar-refractivity contribution < 1.29 is 19.8 Å². The van der Waals surface area contributed by atoms with Crippen LogP contribution in [0.15, 0.2) is 49.1 Å². The van der Waals surface area contributed by atoms with Crippen LogP contribution in [0.2, 0.25) is 0 Å². The van der Waals surface area contributed by atoms with Gasteiger partial charge in [0.25, 0.3) is 0 Å². The van der Waals surface area contributed by atoms with E-state index >= 15 is 0 Å². The number of carboxylic acids is 2. The molecule has 19 heavy (non-hydrogen) atoms. The first-order chi connectivity index (χ1) is 8.61. The Hall–Kier alpha value is -2.80. The molecule has 2 aromatic heterocycles. The number of nitrogens with zero attached hydrogens (tertiary/aromatic N) is 2. The topological polar surface area (TPSA) is 135 Å². The van der Waals surface area contributed by atoms with Gasteiger partial charge in [0, 0.05) is 24.8 Å². The van der Waals surface area contributed by atoms with E-state index in [0.717, 1.165) is 0 Å². The molecular weight excluding hydrogens is 250 g/mol. The van der Waals surface area contributed by atoms with E-state index in [1.54, 1.807) is 12.1 Å². The maximum atomic E-state index is 10.2. The first-order valence-corrected chi connectivity index (χ1v) is 4.88. The summed E-state index contributed by atoms with van der Waals surface area (Å²) in [5, 5.41) is 16.7. The van der Waals surface area contributed by atoms with Gasteiger partial charge in [-0.15, -0.1) is 0 Å². The Morgan fingerprint density at radius 1 is 0.842 bits per heavy atom. The fraction of sp³-hybridized carbons (Fsp3) is 0. The largest absolute Gasteiger partial charge is 0.478 e. The molecular formula is C12H13N3O4. The van der Waals surface area contributed by atoms with Crippen molar-refractivity contribution in [2.75, 3.05) is 0 Å². The summed E-state index contributed by atoms with van der Waals surface area (Å²) in [6.07, 6.45) is 5.68. The second-order valence-electron chi connectivity index (χ2n) is 3.09. The van der Waals surface area contributed by atoms with Crippen LogP contribution in [0.3, 0.4) is 0 Å². The molecule has 0 aliphatic rings. The van der Waals surface area contributed by atoms with Crippen LogP contribution in [0.4, 0.5) is 0 Å². The molecule has 7 heteroatoms. The molecule has 0 radical (unpaired) electrons. The van der Waals surface area contributed by atoms with Gasteiger partial charge in [-0.2, -0.15) is 0 Å². The third-order valence-corrected chi connectivity index (χ3v) is 1.82. The van der Waals surface area contributed by atoms with E-state index in [1.165, 1.54) is 36.9 Å². The molecule has 0 aliphatic carbocycles. The van der Waals surface area contributed by atoms with Crippen molar-refractivity contribution in [3.05, 3.63) is 60.2 Å². The highest BCUT2D eigenvalue weighted by atomic mass is 16.4. The average Bonchev–Trinajstić information content (AvgIpc) is 2.41. The van der Waals surface area contributed by atoms with E-state index in [1.807, 2.05) is 0 Å². The fourth-order valence-corrected chi connectivity index (χ4v) is 0.979. The van der Waals surface area contributed by atoms with E-state index in [0.29, 0.717) is 0 Å². The van der Waals surface area contributed by atoms with Crippen molar-refractivity contribution >= 4 is 11.9 Å².